The minimum Gasteiger partial charge on any atom is -0.493 e. The number of likely N-dealkylation sites (tertiary alicyclic amines) is 1. The van der Waals surface area contributed by atoms with Crippen molar-refractivity contribution in [3.63, 3.8) is 0 Å². The number of rotatable bonds is 5. The third-order valence-corrected chi connectivity index (χ3v) is 3.58. The number of ether oxygens (including phenoxy) is 1. The number of benzene rings is 1. The summed E-state index contributed by atoms with van der Waals surface area (Å²) in [4.78, 5) is 13.8. The molecule has 0 aliphatic carbocycles. The molecule has 1 atom stereocenters. The van der Waals surface area contributed by atoms with Gasteiger partial charge in [0.1, 0.15) is 5.75 Å². The fraction of sp³-hybridized carbons (Fsp3) is 0.533. The van der Waals surface area contributed by atoms with Gasteiger partial charge in [0.25, 0.3) is 0 Å². The van der Waals surface area contributed by atoms with Crippen LogP contribution in [0.5, 0.6) is 5.75 Å². The van der Waals surface area contributed by atoms with E-state index in [1.165, 1.54) is 0 Å². The Hall–Kier alpha value is -1.55. The monoisotopic (exact) mass is 263 g/mol. The SMILES string of the molecule is Cc1ccccc1OCCC(=O)N1CCCC1CO. The van der Waals surface area contributed by atoms with Crippen LogP contribution in [0.1, 0.15) is 24.8 Å². The molecule has 1 aromatic rings. The minimum absolute atomic E-state index is 0.00552. The van der Waals surface area contributed by atoms with Crippen LogP contribution in [-0.4, -0.2) is 41.7 Å². The maximum atomic E-state index is 12.0. The zero-order chi connectivity index (χ0) is 13.7. The lowest BCUT2D eigenvalue weighted by atomic mass is 10.2. The summed E-state index contributed by atoms with van der Waals surface area (Å²) in [7, 11) is 0. The van der Waals surface area contributed by atoms with Crippen molar-refractivity contribution < 1.29 is 14.6 Å². The fourth-order valence-corrected chi connectivity index (χ4v) is 2.46. The van der Waals surface area contributed by atoms with Crippen LogP contribution < -0.4 is 4.74 Å². The Labute approximate surface area is 114 Å². The molecule has 1 saturated heterocycles. The van der Waals surface area contributed by atoms with Crippen LogP contribution in [0.4, 0.5) is 0 Å². The van der Waals surface area contributed by atoms with Gasteiger partial charge in [-0.2, -0.15) is 0 Å². The lowest BCUT2D eigenvalue weighted by Crippen LogP contribution is -2.38. The average Bonchev–Trinajstić information content (AvgIpc) is 2.89. The molecule has 4 heteroatoms. The topological polar surface area (TPSA) is 49.8 Å². The van der Waals surface area contributed by atoms with E-state index in [4.69, 9.17) is 4.74 Å². The van der Waals surface area contributed by atoms with E-state index in [2.05, 4.69) is 0 Å². The van der Waals surface area contributed by atoms with Crippen molar-refractivity contribution in [2.24, 2.45) is 0 Å². The van der Waals surface area contributed by atoms with E-state index in [9.17, 15) is 9.90 Å². The summed E-state index contributed by atoms with van der Waals surface area (Å²) >= 11 is 0. The number of carbonyl (C=O) groups is 1. The largest absolute Gasteiger partial charge is 0.493 e. The van der Waals surface area contributed by atoms with Crippen molar-refractivity contribution in [1.82, 2.24) is 4.90 Å². The summed E-state index contributed by atoms with van der Waals surface area (Å²) in [5.74, 6) is 0.903. The molecule has 0 spiro atoms. The molecule has 0 aromatic heterocycles. The average molecular weight is 263 g/mol. The normalized spacial score (nSPS) is 18.6. The Morgan fingerprint density at radius 3 is 3.00 bits per heavy atom. The number of carbonyl (C=O) groups excluding carboxylic acids is 1. The maximum Gasteiger partial charge on any atom is 0.226 e. The molecule has 1 amide bonds. The predicted octanol–water partition coefficient (Wildman–Crippen LogP) is 1.75. The Morgan fingerprint density at radius 2 is 2.26 bits per heavy atom. The van der Waals surface area contributed by atoms with Gasteiger partial charge in [0.2, 0.25) is 5.91 Å². The molecular weight excluding hydrogens is 242 g/mol. The van der Waals surface area contributed by atoms with Crippen molar-refractivity contribution in [2.75, 3.05) is 19.8 Å². The lowest BCUT2D eigenvalue weighted by Gasteiger charge is -2.23. The smallest absolute Gasteiger partial charge is 0.226 e. The van der Waals surface area contributed by atoms with Crippen LogP contribution in [0.3, 0.4) is 0 Å². The summed E-state index contributed by atoms with van der Waals surface area (Å²) in [5, 5.41) is 9.20. The van der Waals surface area contributed by atoms with Crippen molar-refractivity contribution in [3.8, 4) is 5.75 Å². The van der Waals surface area contributed by atoms with Crippen LogP contribution in [0.2, 0.25) is 0 Å². The number of aliphatic hydroxyl groups is 1. The molecule has 1 fully saturated rings. The van der Waals surface area contributed by atoms with Crippen LogP contribution in [0.25, 0.3) is 0 Å². The number of nitrogens with zero attached hydrogens (tertiary/aromatic N) is 1. The first-order valence-corrected chi connectivity index (χ1v) is 6.81. The number of aliphatic hydroxyl groups excluding tert-OH is 1. The zero-order valence-corrected chi connectivity index (χ0v) is 11.3. The van der Waals surface area contributed by atoms with Gasteiger partial charge in [0, 0.05) is 6.54 Å². The fourth-order valence-electron chi connectivity index (χ4n) is 2.46. The molecule has 1 aliphatic rings. The quantitative estimate of drug-likeness (QED) is 0.880. The van der Waals surface area contributed by atoms with E-state index in [1.807, 2.05) is 31.2 Å². The van der Waals surface area contributed by atoms with Gasteiger partial charge in [-0.25, -0.2) is 0 Å². The summed E-state index contributed by atoms with van der Waals surface area (Å²) in [5.41, 5.74) is 1.07. The Balaban J connectivity index is 1.80. The van der Waals surface area contributed by atoms with E-state index in [1.54, 1.807) is 4.90 Å². The first-order valence-electron chi connectivity index (χ1n) is 6.81. The highest BCUT2D eigenvalue weighted by molar-refractivity contribution is 5.77. The van der Waals surface area contributed by atoms with Gasteiger partial charge in [0.15, 0.2) is 0 Å². The maximum absolute atomic E-state index is 12.0. The number of para-hydroxylation sites is 1. The van der Waals surface area contributed by atoms with E-state index < -0.39 is 0 Å². The predicted molar refractivity (Wildman–Crippen MR) is 73.1 cm³/mol. The van der Waals surface area contributed by atoms with Gasteiger partial charge < -0.3 is 14.7 Å². The van der Waals surface area contributed by atoms with Gasteiger partial charge in [-0.05, 0) is 31.4 Å². The van der Waals surface area contributed by atoms with Gasteiger partial charge >= 0.3 is 0 Å². The van der Waals surface area contributed by atoms with E-state index >= 15 is 0 Å². The molecule has 19 heavy (non-hydrogen) atoms. The van der Waals surface area contributed by atoms with E-state index in [0.717, 1.165) is 30.7 Å². The second-order valence-electron chi connectivity index (χ2n) is 4.93. The molecule has 0 radical (unpaired) electrons. The standard InChI is InChI=1S/C15H21NO3/c1-12-5-2-3-7-14(12)19-10-8-15(18)16-9-4-6-13(16)11-17/h2-3,5,7,13,17H,4,6,8-11H2,1H3. The summed E-state index contributed by atoms with van der Waals surface area (Å²) in [6.45, 7) is 3.19. The third-order valence-electron chi connectivity index (χ3n) is 3.58. The van der Waals surface area contributed by atoms with Gasteiger partial charge in [-0.3, -0.25) is 4.79 Å². The van der Waals surface area contributed by atoms with Crippen molar-refractivity contribution >= 4 is 5.91 Å². The molecule has 4 nitrogen and oxygen atoms in total. The highest BCUT2D eigenvalue weighted by Crippen LogP contribution is 2.19. The molecular formula is C15H21NO3. The highest BCUT2D eigenvalue weighted by atomic mass is 16.5. The second kappa shape index (κ2) is 6.57. The second-order valence-corrected chi connectivity index (χ2v) is 4.93. The number of hydrogen-bond donors (Lipinski definition) is 1. The summed E-state index contributed by atoms with van der Waals surface area (Å²) in [6, 6.07) is 7.78. The minimum atomic E-state index is 0.00552. The number of amides is 1. The van der Waals surface area contributed by atoms with Gasteiger partial charge in [0.05, 0.1) is 25.7 Å². The van der Waals surface area contributed by atoms with Crippen molar-refractivity contribution in [2.45, 2.75) is 32.2 Å². The van der Waals surface area contributed by atoms with Crippen molar-refractivity contribution in [1.29, 1.82) is 0 Å². The molecule has 0 bridgehead atoms. The first-order chi connectivity index (χ1) is 9.22. The molecule has 1 aliphatic heterocycles. The Morgan fingerprint density at radius 1 is 1.47 bits per heavy atom. The molecule has 104 valence electrons. The Kier molecular flexibility index (Phi) is 4.80. The summed E-state index contributed by atoms with van der Waals surface area (Å²) < 4.78 is 5.63. The third kappa shape index (κ3) is 3.47. The molecule has 1 unspecified atom stereocenters. The Bertz CT molecular complexity index is 433. The molecule has 0 saturated carbocycles. The van der Waals surface area contributed by atoms with Crippen LogP contribution in [0, 0.1) is 6.92 Å². The van der Waals surface area contributed by atoms with Crippen LogP contribution >= 0.6 is 0 Å². The summed E-state index contributed by atoms with van der Waals surface area (Å²) in [6.07, 6.45) is 2.25. The van der Waals surface area contributed by atoms with E-state index in [-0.39, 0.29) is 18.6 Å². The van der Waals surface area contributed by atoms with Gasteiger partial charge in [-0.15, -0.1) is 0 Å². The van der Waals surface area contributed by atoms with Crippen LogP contribution in [0.15, 0.2) is 24.3 Å². The van der Waals surface area contributed by atoms with Crippen molar-refractivity contribution in [3.05, 3.63) is 29.8 Å². The highest BCUT2D eigenvalue weighted by Gasteiger charge is 2.27. The number of hydrogen-bond acceptors (Lipinski definition) is 3. The molecule has 2 rings (SSSR count). The first kappa shape index (κ1) is 13.9. The molecule has 1 aromatic carbocycles. The van der Waals surface area contributed by atoms with Crippen LogP contribution in [-0.2, 0) is 4.79 Å². The zero-order valence-electron chi connectivity index (χ0n) is 11.3. The lowest BCUT2D eigenvalue weighted by molar-refractivity contribution is -0.133. The van der Waals surface area contributed by atoms with E-state index in [0.29, 0.717) is 13.0 Å². The van der Waals surface area contributed by atoms with Gasteiger partial charge in [-0.1, -0.05) is 18.2 Å². The molecule has 1 N–H and O–H groups in total. The molecule has 1 heterocycles. The number of aryl methyl sites for hydroxylation is 1.